The lowest BCUT2D eigenvalue weighted by Gasteiger charge is -2.19. The molecule has 124 valence electrons. The zero-order chi connectivity index (χ0) is 16.9. The van der Waals surface area contributed by atoms with Gasteiger partial charge in [-0.15, -0.1) is 0 Å². The van der Waals surface area contributed by atoms with Gasteiger partial charge in [-0.25, -0.2) is 4.68 Å². The molecule has 1 heterocycles. The van der Waals surface area contributed by atoms with Gasteiger partial charge in [0, 0.05) is 13.2 Å². The molecule has 0 radical (unpaired) electrons. The van der Waals surface area contributed by atoms with E-state index in [1.807, 2.05) is 0 Å². The molecule has 0 saturated heterocycles. The van der Waals surface area contributed by atoms with Gasteiger partial charge >= 0.3 is 0 Å². The first-order chi connectivity index (χ1) is 10.9. The van der Waals surface area contributed by atoms with Gasteiger partial charge < -0.3 is 10.1 Å². The van der Waals surface area contributed by atoms with Crippen LogP contribution in [0.1, 0.15) is 38.3 Å². The molecular formula is C18H25N3O2. The lowest BCUT2D eigenvalue weighted by molar-refractivity contribution is -0.117. The van der Waals surface area contributed by atoms with E-state index in [1.54, 1.807) is 24.1 Å². The maximum Gasteiger partial charge on any atom is 0.227 e. The number of rotatable bonds is 6. The zero-order valence-electron chi connectivity index (χ0n) is 14.3. The molecule has 0 atom stereocenters. The Hall–Kier alpha value is -2.14. The highest BCUT2D eigenvalue weighted by Gasteiger charge is 2.13. The highest BCUT2D eigenvalue weighted by atomic mass is 16.5. The third kappa shape index (κ3) is 4.93. The summed E-state index contributed by atoms with van der Waals surface area (Å²) in [6, 6.07) is 10.3. The Morgan fingerprint density at radius 2 is 1.91 bits per heavy atom. The van der Waals surface area contributed by atoms with Gasteiger partial charge in [-0.3, -0.25) is 4.79 Å². The molecule has 23 heavy (non-hydrogen) atoms. The second-order valence-corrected chi connectivity index (χ2v) is 6.61. The maximum atomic E-state index is 11.8. The number of hydrogen-bond acceptors (Lipinski definition) is 3. The topological polar surface area (TPSA) is 56.1 Å². The minimum absolute atomic E-state index is 0.0725. The predicted octanol–water partition coefficient (Wildman–Crippen LogP) is 3.20. The number of carbonyl (C=O) groups is 1. The first kappa shape index (κ1) is 17.2. The Kier molecular flexibility index (Phi) is 5.55. The van der Waals surface area contributed by atoms with Gasteiger partial charge in [-0.05, 0) is 16.5 Å². The Morgan fingerprint density at radius 1 is 1.22 bits per heavy atom. The summed E-state index contributed by atoms with van der Waals surface area (Å²) in [5.41, 5.74) is 2.59. The Balaban J connectivity index is 2.04. The summed E-state index contributed by atoms with van der Waals surface area (Å²) < 4.78 is 6.70. The van der Waals surface area contributed by atoms with Crippen molar-refractivity contribution >= 4 is 11.7 Å². The monoisotopic (exact) mass is 315 g/mol. The van der Waals surface area contributed by atoms with E-state index in [0.717, 1.165) is 5.56 Å². The number of hydrogen-bond donors (Lipinski definition) is 1. The van der Waals surface area contributed by atoms with Crippen LogP contribution in [0, 0.1) is 0 Å². The van der Waals surface area contributed by atoms with Crippen molar-refractivity contribution in [3.05, 3.63) is 47.7 Å². The Morgan fingerprint density at radius 3 is 2.52 bits per heavy atom. The molecule has 5 heteroatoms. The quantitative estimate of drug-likeness (QED) is 0.890. The highest BCUT2D eigenvalue weighted by Crippen LogP contribution is 2.22. The van der Waals surface area contributed by atoms with Crippen LogP contribution in [-0.2, 0) is 21.5 Å². The van der Waals surface area contributed by atoms with E-state index in [-0.39, 0.29) is 11.3 Å². The van der Waals surface area contributed by atoms with Crippen LogP contribution in [0.2, 0.25) is 0 Å². The fraction of sp³-hybridized carbons (Fsp3) is 0.444. The van der Waals surface area contributed by atoms with Gasteiger partial charge in [-0.2, -0.15) is 5.10 Å². The second-order valence-electron chi connectivity index (χ2n) is 6.61. The first-order valence-corrected chi connectivity index (χ1v) is 7.80. The molecule has 0 spiro atoms. The number of carbonyl (C=O) groups excluding carboxylic acids is 1. The van der Waals surface area contributed by atoms with Crippen molar-refractivity contribution in [1.29, 1.82) is 0 Å². The molecular weight excluding hydrogens is 290 g/mol. The van der Waals surface area contributed by atoms with E-state index >= 15 is 0 Å². The van der Waals surface area contributed by atoms with Gasteiger partial charge in [0.2, 0.25) is 5.91 Å². The van der Waals surface area contributed by atoms with E-state index in [1.165, 1.54) is 5.56 Å². The maximum absolute atomic E-state index is 11.8. The molecule has 0 unspecified atom stereocenters. The van der Waals surface area contributed by atoms with E-state index in [0.29, 0.717) is 25.4 Å². The van der Waals surface area contributed by atoms with E-state index in [9.17, 15) is 4.79 Å². The van der Waals surface area contributed by atoms with Crippen molar-refractivity contribution < 1.29 is 9.53 Å². The number of nitrogens with one attached hydrogen (secondary N) is 1. The molecule has 0 fully saturated rings. The molecule has 0 aliphatic rings. The van der Waals surface area contributed by atoms with Crippen molar-refractivity contribution in [3.63, 3.8) is 0 Å². The van der Waals surface area contributed by atoms with Gasteiger partial charge in [-0.1, -0.05) is 45.0 Å². The molecule has 2 rings (SSSR count). The van der Waals surface area contributed by atoms with Crippen molar-refractivity contribution in [2.75, 3.05) is 19.0 Å². The van der Waals surface area contributed by atoms with E-state index < -0.39 is 0 Å². The zero-order valence-corrected chi connectivity index (χ0v) is 14.3. The third-order valence-electron chi connectivity index (χ3n) is 3.67. The number of anilines is 1. The third-order valence-corrected chi connectivity index (χ3v) is 3.67. The largest absolute Gasteiger partial charge is 0.384 e. The van der Waals surface area contributed by atoms with Crippen LogP contribution in [0.5, 0.6) is 0 Å². The van der Waals surface area contributed by atoms with Crippen LogP contribution < -0.4 is 5.32 Å². The van der Waals surface area contributed by atoms with E-state index in [2.05, 4.69) is 55.5 Å². The van der Waals surface area contributed by atoms with Crippen molar-refractivity contribution in [3.8, 4) is 0 Å². The van der Waals surface area contributed by atoms with Crippen molar-refractivity contribution in [2.45, 2.75) is 39.2 Å². The number of amides is 1. The van der Waals surface area contributed by atoms with E-state index in [4.69, 9.17) is 4.74 Å². The van der Waals surface area contributed by atoms with Gasteiger partial charge in [0.25, 0.3) is 0 Å². The summed E-state index contributed by atoms with van der Waals surface area (Å²) in [5, 5.41) is 7.15. The summed E-state index contributed by atoms with van der Waals surface area (Å²) in [7, 11) is 1.58. The van der Waals surface area contributed by atoms with Crippen LogP contribution in [0.4, 0.5) is 5.82 Å². The van der Waals surface area contributed by atoms with Crippen LogP contribution in [0.3, 0.4) is 0 Å². The predicted molar refractivity (Wildman–Crippen MR) is 91.6 cm³/mol. The van der Waals surface area contributed by atoms with Gasteiger partial charge in [0.1, 0.15) is 5.82 Å². The summed E-state index contributed by atoms with van der Waals surface area (Å²) in [6.45, 7) is 7.63. The number of aromatic nitrogens is 2. The molecule has 1 N–H and O–H groups in total. The molecule has 1 aromatic heterocycles. The Labute approximate surface area is 137 Å². The minimum atomic E-state index is -0.0725. The van der Waals surface area contributed by atoms with Crippen LogP contribution >= 0.6 is 0 Å². The van der Waals surface area contributed by atoms with Crippen LogP contribution in [0.25, 0.3) is 0 Å². The number of benzene rings is 1. The van der Waals surface area contributed by atoms with Gasteiger partial charge in [0.05, 0.1) is 25.8 Å². The average molecular weight is 315 g/mol. The highest BCUT2D eigenvalue weighted by molar-refractivity contribution is 5.89. The first-order valence-electron chi connectivity index (χ1n) is 7.80. The second kappa shape index (κ2) is 7.42. The Bertz CT molecular complexity index is 639. The molecule has 2 aromatic rings. The number of ether oxygens (including phenoxy) is 1. The standard InChI is InChI=1S/C18H25N3O2/c1-18(2,3)15-7-5-14(6-8-15)13-21-16(9-11-19-21)20-17(22)10-12-23-4/h5-9,11H,10,12-13H2,1-4H3,(H,20,22). The normalized spacial score (nSPS) is 11.5. The smallest absolute Gasteiger partial charge is 0.227 e. The van der Waals surface area contributed by atoms with Gasteiger partial charge in [0.15, 0.2) is 0 Å². The molecule has 0 aliphatic heterocycles. The van der Waals surface area contributed by atoms with Crippen molar-refractivity contribution in [2.24, 2.45) is 0 Å². The molecule has 0 bridgehead atoms. The lowest BCUT2D eigenvalue weighted by Crippen LogP contribution is -2.17. The summed E-state index contributed by atoms with van der Waals surface area (Å²) in [5.74, 6) is 0.627. The number of nitrogens with zero attached hydrogens (tertiary/aromatic N) is 2. The fourth-order valence-corrected chi connectivity index (χ4v) is 2.25. The fourth-order valence-electron chi connectivity index (χ4n) is 2.25. The molecule has 5 nitrogen and oxygen atoms in total. The van der Waals surface area contributed by atoms with Crippen LogP contribution in [-0.4, -0.2) is 29.4 Å². The minimum Gasteiger partial charge on any atom is -0.384 e. The van der Waals surface area contributed by atoms with Crippen molar-refractivity contribution in [1.82, 2.24) is 9.78 Å². The SMILES string of the molecule is COCCC(=O)Nc1ccnn1Cc1ccc(C(C)(C)C)cc1. The molecule has 0 saturated carbocycles. The average Bonchev–Trinajstić information content (AvgIpc) is 2.92. The molecule has 1 amide bonds. The number of methoxy groups -OCH3 is 1. The lowest BCUT2D eigenvalue weighted by atomic mass is 9.87. The summed E-state index contributed by atoms with van der Waals surface area (Å²) in [4.78, 5) is 11.8. The molecule has 0 aliphatic carbocycles. The van der Waals surface area contributed by atoms with Crippen LogP contribution in [0.15, 0.2) is 36.5 Å². The summed E-state index contributed by atoms with van der Waals surface area (Å²) in [6.07, 6.45) is 2.03. The molecule has 1 aromatic carbocycles. The summed E-state index contributed by atoms with van der Waals surface area (Å²) >= 11 is 0.